The molecule has 3 aromatic rings. The summed E-state index contributed by atoms with van der Waals surface area (Å²) in [5.41, 5.74) is -0.565. The Hall–Kier alpha value is -2.83. The molecular weight excluding hydrogens is 392 g/mol. The molecule has 0 fully saturated rings. The number of nitrogens with zero attached hydrogens (tertiary/aromatic N) is 1. The van der Waals surface area contributed by atoms with Gasteiger partial charge in [0.25, 0.3) is 0 Å². The first-order valence-electron chi connectivity index (χ1n) is 8.74. The molecule has 0 N–H and O–H groups in total. The normalized spacial score (nSPS) is 12.3. The first kappa shape index (κ1) is 20.9. The maximum absolute atomic E-state index is 13.6. The first-order valence-corrected chi connectivity index (χ1v) is 8.74. The number of halogens is 6. The lowest BCUT2D eigenvalue weighted by molar-refractivity contribution is -0.137. The van der Waals surface area contributed by atoms with Crippen LogP contribution < -0.4 is 0 Å². The van der Waals surface area contributed by atoms with Crippen molar-refractivity contribution in [3.8, 4) is 22.3 Å². The largest absolute Gasteiger partial charge is 0.417 e. The minimum Gasteiger partial charge on any atom is -0.257 e. The molecule has 0 atom stereocenters. The topological polar surface area (TPSA) is 12.9 Å². The van der Waals surface area contributed by atoms with Crippen LogP contribution >= 0.6 is 0 Å². The average molecular weight is 409 g/mol. The van der Waals surface area contributed by atoms with Crippen LogP contribution in [-0.4, -0.2) is 4.98 Å². The van der Waals surface area contributed by atoms with Gasteiger partial charge in [-0.2, -0.15) is 26.3 Å². The summed E-state index contributed by atoms with van der Waals surface area (Å²) in [7, 11) is 0. The molecule has 1 nitrogen and oxygen atoms in total. The van der Waals surface area contributed by atoms with E-state index in [9.17, 15) is 26.3 Å². The first-order chi connectivity index (χ1) is 13.4. The maximum Gasteiger partial charge on any atom is 0.417 e. The molecule has 0 aliphatic carbocycles. The lowest BCUT2D eigenvalue weighted by Gasteiger charge is -2.21. The van der Waals surface area contributed by atoms with Crippen LogP contribution in [0.2, 0.25) is 0 Å². The summed E-state index contributed by atoms with van der Waals surface area (Å²) in [5, 5.41) is 0. The van der Waals surface area contributed by atoms with Crippen LogP contribution in [-0.2, 0) is 12.4 Å². The van der Waals surface area contributed by atoms with Gasteiger partial charge in [-0.3, -0.25) is 4.98 Å². The van der Waals surface area contributed by atoms with E-state index in [0.29, 0.717) is 17.0 Å². The minimum absolute atomic E-state index is 0.103. The zero-order valence-corrected chi connectivity index (χ0v) is 15.8. The van der Waals surface area contributed by atoms with Gasteiger partial charge in [0.05, 0.1) is 11.1 Å². The summed E-state index contributed by atoms with van der Waals surface area (Å²) >= 11 is 0. The van der Waals surface area contributed by atoms with Crippen molar-refractivity contribution in [2.45, 2.75) is 33.1 Å². The van der Waals surface area contributed by atoms with E-state index >= 15 is 0 Å². The van der Waals surface area contributed by atoms with Gasteiger partial charge in [0.15, 0.2) is 0 Å². The number of rotatable bonds is 2. The summed E-state index contributed by atoms with van der Waals surface area (Å²) in [6.45, 7) is 4.65. The summed E-state index contributed by atoms with van der Waals surface area (Å²) in [5.74, 6) is 0. The molecule has 0 spiro atoms. The molecule has 1 heterocycles. The summed E-state index contributed by atoms with van der Waals surface area (Å²) in [4.78, 5) is 4.30. The highest BCUT2D eigenvalue weighted by molar-refractivity contribution is 5.83. The van der Waals surface area contributed by atoms with Gasteiger partial charge < -0.3 is 0 Å². The molecule has 0 radical (unpaired) electrons. The predicted molar refractivity (Wildman–Crippen MR) is 99.3 cm³/mol. The van der Waals surface area contributed by atoms with Gasteiger partial charge in [-0.25, -0.2) is 0 Å². The van der Waals surface area contributed by atoms with E-state index < -0.39 is 23.5 Å². The van der Waals surface area contributed by atoms with E-state index in [-0.39, 0.29) is 22.3 Å². The predicted octanol–water partition coefficient (Wildman–Crippen LogP) is 7.38. The van der Waals surface area contributed by atoms with E-state index in [1.807, 2.05) is 0 Å². The lowest BCUT2D eigenvalue weighted by Crippen LogP contribution is -2.11. The van der Waals surface area contributed by atoms with Crippen LogP contribution in [0.15, 0.2) is 48.5 Å². The molecule has 0 aliphatic rings. The monoisotopic (exact) mass is 409 g/mol. The zero-order chi connectivity index (χ0) is 21.6. The molecule has 0 amide bonds. The Bertz CT molecular complexity index is 982. The summed E-state index contributed by atoms with van der Waals surface area (Å²) in [6, 6.07) is 10.0. The van der Waals surface area contributed by atoms with E-state index in [1.165, 1.54) is 43.3 Å². The molecule has 0 unspecified atom stereocenters. The third-order valence-corrected chi connectivity index (χ3v) is 4.81. The molecular formula is C22H17F6N. The van der Waals surface area contributed by atoms with Crippen LogP contribution in [0.25, 0.3) is 22.3 Å². The second kappa shape index (κ2) is 7.21. The van der Waals surface area contributed by atoms with Gasteiger partial charge in [0.1, 0.15) is 0 Å². The number of hydrogen-bond acceptors (Lipinski definition) is 1. The molecule has 1 aromatic heterocycles. The Morgan fingerprint density at radius 1 is 0.586 bits per heavy atom. The second-order valence-corrected chi connectivity index (χ2v) is 6.74. The van der Waals surface area contributed by atoms with Crippen molar-refractivity contribution in [1.29, 1.82) is 0 Å². The smallest absolute Gasteiger partial charge is 0.257 e. The van der Waals surface area contributed by atoms with Crippen molar-refractivity contribution in [2.24, 2.45) is 0 Å². The number of aromatic nitrogens is 1. The fourth-order valence-corrected chi connectivity index (χ4v) is 3.72. The molecule has 0 saturated carbocycles. The highest BCUT2D eigenvalue weighted by Gasteiger charge is 2.36. The second-order valence-electron chi connectivity index (χ2n) is 6.74. The lowest BCUT2D eigenvalue weighted by atomic mass is 9.87. The van der Waals surface area contributed by atoms with Crippen molar-refractivity contribution < 1.29 is 26.3 Å². The molecule has 29 heavy (non-hydrogen) atoms. The van der Waals surface area contributed by atoms with E-state index in [2.05, 4.69) is 4.98 Å². The van der Waals surface area contributed by atoms with Gasteiger partial charge in [-0.15, -0.1) is 0 Å². The van der Waals surface area contributed by atoms with Crippen LogP contribution in [0, 0.1) is 20.8 Å². The van der Waals surface area contributed by atoms with Gasteiger partial charge in [0, 0.05) is 22.5 Å². The molecule has 0 bridgehead atoms. The molecule has 0 saturated heterocycles. The standard InChI is InChI=1S/C22H17F6N/c1-12-19(15-8-4-6-10-17(15)21(23,24)25)13(2)29-14(3)20(12)16-9-5-7-11-18(16)22(26,27)28/h4-11H,1-3H3. The van der Waals surface area contributed by atoms with Gasteiger partial charge in [-0.1, -0.05) is 36.4 Å². The number of alkyl halides is 6. The summed E-state index contributed by atoms with van der Waals surface area (Å²) < 4.78 is 81.3. The molecule has 7 heteroatoms. The third-order valence-electron chi connectivity index (χ3n) is 4.81. The maximum atomic E-state index is 13.6. The number of benzene rings is 2. The van der Waals surface area contributed by atoms with Crippen molar-refractivity contribution >= 4 is 0 Å². The average Bonchev–Trinajstić information content (AvgIpc) is 2.60. The number of aryl methyl sites for hydroxylation is 2. The Morgan fingerprint density at radius 3 is 1.28 bits per heavy atom. The fourth-order valence-electron chi connectivity index (χ4n) is 3.72. The summed E-state index contributed by atoms with van der Waals surface area (Å²) in [6.07, 6.45) is -9.21. The Kier molecular flexibility index (Phi) is 5.19. The van der Waals surface area contributed by atoms with Crippen LogP contribution in [0.1, 0.15) is 28.1 Å². The van der Waals surface area contributed by atoms with Crippen molar-refractivity contribution in [1.82, 2.24) is 4.98 Å². The van der Waals surface area contributed by atoms with Crippen LogP contribution in [0.4, 0.5) is 26.3 Å². The molecule has 0 aliphatic heterocycles. The fraction of sp³-hybridized carbons (Fsp3) is 0.227. The molecule has 3 rings (SSSR count). The van der Waals surface area contributed by atoms with Crippen molar-refractivity contribution in [3.63, 3.8) is 0 Å². The quantitative estimate of drug-likeness (QED) is 0.403. The van der Waals surface area contributed by atoms with Crippen molar-refractivity contribution in [3.05, 3.63) is 76.6 Å². The Morgan fingerprint density at radius 2 is 0.931 bits per heavy atom. The highest BCUT2D eigenvalue weighted by Crippen LogP contribution is 2.44. The highest BCUT2D eigenvalue weighted by atomic mass is 19.4. The van der Waals surface area contributed by atoms with Crippen LogP contribution in [0.3, 0.4) is 0 Å². The number of pyridine rings is 1. The Labute approximate surface area is 164 Å². The number of hydrogen-bond donors (Lipinski definition) is 0. The van der Waals surface area contributed by atoms with E-state index in [1.54, 1.807) is 13.8 Å². The zero-order valence-electron chi connectivity index (χ0n) is 15.8. The third kappa shape index (κ3) is 3.86. The van der Waals surface area contributed by atoms with Crippen LogP contribution in [0.5, 0.6) is 0 Å². The minimum atomic E-state index is -4.61. The van der Waals surface area contributed by atoms with Gasteiger partial charge in [0.2, 0.25) is 0 Å². The SMILES string of the molecule is Cc1nc(C)c(-c2ccccc2C(F)(F)F)c(C)c1-c1ccccc1C(F)(F)F. The molecule has 152 valence electrons. The van der Waals surface area contributed by atoms with Crippen molar-refractivity contribution in [2.75, 3.05) is 0 Å². The van der Waals surface area contributed by atoms with Gasteiger partial charge in [-0.05, 0) is 49.6 Å². The van der Waals surface area contributed by atoms with E-state index in [4.69, 9.17) is 0 Å². The van der Waals surface area contributed by atoms with E-state index in [0.717, 1.165) is 12.1 Å². The molecule has 2 aromatic carbocycles. The Balaban J connectivity index is 2.38. The van der Waals surface area contributed by atoms with Gasteiger partial charge >= 0.3 is 12.4 Å².